The lowest BCUT2D eigenvalue weighted by Gasteiger charge is -2.34. The Hall–Kier alpha value is -3.29. The molecular weight excluding hydrogens is 370 g/mol. The Kier molecular flexibility index (Phi) is 4.08. The number of nitrogens with one attached hydrogen (secondary N) is 2. The number of carbonyl (C=O) groups excluding carboxylic acids is 1. The van der Waals surface area contributed by atoms with Gasteiger partial charge in [0.2, 0.25) is 0 Å². The molecular formula is C21H23N5O3. The number of ether oxygens (including phenoxy) is 1. The molecule has 1 aromatic carbocycles. The van der Waals surface area contributed by atoms with Gasteiger partial charge in [-0.1, -0.05) is 0 Å². The number of piperidine rings is 1. The van der Waals surface area contributed by atoms with Crippen molar-refractivity contribution < 1.29 is 9.53 Å². The number of hydrogen-bond acceptors (Lipinski definition) is 5. The van der Waals surface area contributed by atoms with Gasteiger partial charge in [-0.15, -0.1) is 0 Å². The molecule has 2 N–H and O–H groups in total. The zero-order valence-electron chi connectivity index (χ0n) is 16.5. The Morgan fingerprint density at radius 3 is 2.76 bits per heavy atom. The van der Waals surface area contributed by atoms with Crippen LogP contribution in [0.15, 0.2) is 29.1 Å². The molecule has 0 aliphatic carbocycles. The predicted molar refractivity (Wildman–Crippen MR) is 110 cm³/mol. The van der Waals surface area contributed by atoms with E-state index in [1.54, 1.807) is 4.68 Å². The number of nitrogens with zero attached hydrogens (tertiary/aromatic N) is 3. The van der Waals surface area contributed by atoms with Crippen LogP contribution in [0.5, 0.6) is 5.75 Å². The highest BCUT2D eigenvalue weighted by Gasteiger charge is 2.26. The van der Waals surface area contributed by atoms with Gasteiger partial charge in [0.05, 0.1) is 28.7 Å². The summed E-state index contributed by atoms with van der Waals surface area (Å²) in [6.07, 6.45) is 1.85. The zero-order chi connectivity index (χ0) is 20.1. The average Bonchev–Trinajstić information content (AvgIpc) is 3.21. The van der Waals surface area contributed by atoms with Crippen molar-refractivity contribution in [2.24, 2.45) is 7.05 Å². The van der Waals surface area contributed by atoms with Crippen LogP contribution in [-0.4, -0.2) is 39.9 Å². The Morgan fingerprint density at radius 2 is 1.97 bits per heavy atom. The first kappa shape index (κ1) is 17.8. The van der Waals surface area contributed by atoms with Gasteiger partial charge >= 0.3 is 0 Å². The monoisotopic (exact) mass is 393 g/mol. The van der Waals surface area contributed by atoms with E-state index in [9.17, 15) is 9.59 Å². The van der Waals surface area contributed by atoms with Gasteiger partial charge in [-0.3, -0.25) is 19.4 Å². The number of carbonyl (C=O) groups is 1. The van der Waals surface area contributed by atoms with Crippen molar-refractivity contribution in [1.82, 2.24) is 20.1 Å². The second-order valence-corrected chi connectivity index (χ2v) is 7.79. The van der Waals surface area contributed by atoms with Crippen LogP contribution in [0.3, 0.4) is 0 Å². The van der Waals surface area contributed by atoms with E-state index in [2.05, 4.69) is 15.3 Å². The molecule has 8 nitrogen and oxygen atoms in total. The third kappa shape index (κ3) is 3.04. The molecule has 0 saturated carbocycles. The molecule has 2 aromatic heterocycles. The predicted octanol–water partition coefficient (Wildman–Crippen LogP) is 1.86. The number of anilines is 1. The normalized spacial score (nSPS) is 16.9. The van der Waals surface area contributed by atoms with E-state index in [0.717, 1.165) is 54.3 Å². The molecule has 1 fully saturated rings. The highest BCUT2D eigenvalue weighted by Crippen LogP contribution is 2.28. The Balaban J connectivity index is 1.28. The van der Waals surface area contributed by atoms with Crippen LogP contribution in [0.25, 0.3) is 10.9 Å². The maximum absolute atomic E-state index is 12.0. The van der Waals surface area contributed by atoms with Gasteiger partial charge in [-0.05, 0) is 36.8 Å². The molecule has 2 aliphatic heterocycles. The second-order valence-electron chi connectivity index (χ2n) is 7.79. The van der Waals surface area contributed by atoms with Crippen LogP contribution in [0, 0.1) is 6.92 Å². The van der Waals surface area contributed by atoms with E-state index in [0.29, 0.717) is 17.5 Å². The fourth-order valence-electron chi connectivity index (χ4n) is 4.26. The first-order valence-electron chi connectivity index (χ1n) is 9.88. The van der Waals surface area contributed by atoms with E-state index in [4.69, 9.17) is 9.72 Å². The molecule has 0 spiro atoms. The van der Waals surface area contributed by atoms with Crippen LogP contribution in [0.4, 0.5) is 5.82 Å². The quantitative estimate of drug-likeness (QED) is 0.709. The summed E-state index contributed by atoms with van der Waals surface area (Å²) in [5.74, 6) is 1.64. The third-order valence-electron chi connectivity index (χ3n) is 5.81. The highest BCUT2D eigenvalue weighted by molar-refractivity contribution is 5.98. The summed E-state index contributed by atoms with van der Waals surface area (Å²) in [6, 6.07) is 7.58. The topological polar surface area (TPSA) is 92.2 Å². The molecule has 3 aromatic rings. The number of aryl methyl sites for hydroxylation is 2. The van der Waals surface area contributed by atoms with Crippen LogP contribution in [-0.2, 0) is 13.6 Å². The number of pyridine rings is 1. The maximum atomic E-state index is 12.0. The minimum absolute atomic E-state index is 0.0384. The summed E-state index contributed by atoms with van der Waals surface area (Å²) in [5, 5.41) is 6.23. The molecule has 8 heteroatoms. The molecule has 0 unspecified atom stereocenters. The van der Waals surface area contributed by atoms with Crippen molar-refractivity contribution in [1.29, 1.82) is 0 Å². The van der Waals surface area contributed by atoms with Gasteiger partial charge in [0.1, 0.15) is 17.7 Å². The molecule has 2 aliphatic rings. The first-order valence-corrected chi connectivity index (χ1v) is 9.88. The van der Waals surface area contributed by atoms with Gasteiger partial charge in [-0.25, -0.2) is 4.98 Å². The van der Waals surface area contributed by atoms with Crippen molar-refractivity contribution in [3.05, 3.63) is 51.4 Å². The van der Waals surface area contributed by atoms with Crippen molar-refractivity contribution in [3.8, 4) is 5.75 Å². The molecule has 4 heterocycles. The molecule has 5 rings (SSSR count). The van der Waals surface area contributed by atoms with E-state index >= 15 is 0 Å². The number of fused-ring (bicyclic) bond motifs is 2. The molecule has 1 amide bonds. The standard InChI is InChI=1S/C21H23N5O3/c1-12-9-15-17(11-22-20(15)27)23-19(12)26-7-5-13(6-8-26)29-14-3-4-18-16(10-14)21(28)24-25(18)2/h3-4,9-10,13H,5-8,11H2,1-2H3,(H,22,27)(H,24,28). The number of amides is 1. The van der Waals surface area contributed by atoms with Gasteiger partial charge in [0.15, 0.2) is 0 Å². The number of aromatic amines is 1. The number of H-pyrrole nitrogens is 1. The minimum Gasteiger partial charge on any atom is -0.490 e. The summed E-state index contributed by atoms with van der Waals surface area (Å²) in [5.41, 5.74) is 3.30. The third-order valence-corrected chi connectivity index (χ3v) is 5.81. The van der Waals surface area contributed by atoms with Gasteiger partial charge < -0.3 is 15.0 Å². The van der Waals surface area contributed by atoms with Crippen LogP contribution in [0.1, 0.15) is 34.5 Å². The van der Waals surface area contributed by atoms with Crippen molar-refractivity contribution in [2.45, 2.75) is 32.4 Å². The lowest BCUT2D eigenvalue weighted by molar-refractivity contribution is 0.0965. The lowest BCUT2D eigenvalue weighted by Crippen LogP contribution is -2.39. The Labute approximate surface area is 167 Å². The smallest absolute Gasteiger partial charge is 0.272 e. The lowest BCUT2D eigenvalue weighted by atomic mass is 10.1. The van der Waals surface area contributed by atoms with E-state index < -0.39 is 0 Å². The molecule has 0 atom stereocenters. The number of rotatable bonds is 3. The number of hydrogen-bond donors (Lipinski definition) is 2. The van der Waals surface area contributed by atoms with Crippen molar-refractivity contribution in [2.75, 3.05) is 18.0 Å². The summed E-state index contributed by atoms with van der Waals surface area (Å²) >= 11 is 0. The number of benzene rings is 1. The minimum atomic E-state index is -0.103. The van der Waals surface area contributed by atoms with E-state index in [1.807, 2.05) is 38.2 Å². The Morgan fingerprint density at radius 1 is 1.17 bits per heavy atom. The first-order chi connectivity index (χ1) is 14.0. The highest BCUT2D eigenvalue weighted by atomic mass is 16.5. The molecule has 0 bridgehead atoms. The summed E-state index contributed by atoms with van der Waals surface area (Å²) < 4.78 is 7.88. The average molecular weight is 393 g/mol. The summed E-state index contributed by atoms with van der Waals surface area (Å²) in [6.45, 7) is 4.19. The maximum Gasteiger partial charge on any atom is 0.272 e. The molecule has 29 heavy (non-hydrogen) atoms. The van der Waals surface area contributed by atoms with E-state index in [1.165, 1.54) is 0 Å². The van der Waals surface area contributed by atoms with Crippen molar-refractivity contribution >= 4 is 22.6 Å². The molecule has 150 valence electrons. The van der Waals surface area contributed by atoms with Gasteiger partial charge in [0.25, 0.3) is 11.5 Å². The summed E-state index contributed by atoms with van der Waals surface area (Å²) in [7, 11) is 1.82. The van der Waals surface area contributed by atoms with Crippen LogP contribution >= 0.6 is 0 Å². The SMILES string of the molecule is Cc1cc2c(nc1N1CCC(Oc3ccc4c(c3)c(=O)[nH]n4C)CC1)CNC2=O. The van der Waals surface area contributed by atoms with E-state index in [-0.39, 0.29) is 17.6 Å². The zero-order valence-corrected chi connectivity index (χ0v) is 16.5. The largest absolute Gasteiger partial charge is 0.490 e. The van der Waals surface area contributed by atoms with Crippen molar-refractivity contribution in [3.63, 3.8) is 0 Å². The fourth-order valence-corrected chi connectivity index (χ4v) is 4.26. The Bertz CT molecular complexity index is 1170. The number of aromatic nitrogens is 3. The van der Waals surface area contributed by atoms with Crippen LogP contribution < -0.4 is 20.5 Å². The molecule has 0 radical (unpaired) electrons. The molecule has 1 saturated heterocycles. The van der Waals surface area contributed by atoms with Gasteiger partial charge in [0, 0.05) is 33.0 Å². The fraction of sp³-hybridized carbons (Fsp3) is 0.381. The summed E-state index contributed by atoms with van der Waals surface area (Å²) in [4.78, 5) is 30.8. The van der Waals surface area contributed by atoms with Crippen LogP contribution in [0.2, 0.25) is 0 Å². The van der Waals surface area contributed by atoms with Gasteiger partial charge in [-0.2, -0.15) is 0 Å². The second kappa shape index (κ2) is 6.65.